The smallest absolute Gasteiger partial charge is 0.263 e. The molecule has 1 amide bonds. The number of anilines is 1. The first-order chi connectivity index (χ1) is 9.54. The second-order valence-corrected chi connectivity index (χ2v) is 5.47. The Hall–Kier alpha value is -1.59. The fourth-order valence-electron chi connectivity index (χ4n) is 1.55. The van der Waals surface area contributed by atoms with Gasteiger partial charge in [0.2, 0.25) is 0 Å². The minimum Gasteiger partial charge on any atom is -0.484 e. The number of carbonyl (C=O) groups excluding carboxylic acids is 1. The van der Waals surface area contributed by atoms with Gasteiger partial charge in [0.15, 0.2) is 6.61 Å². The minimum atomic E-state index is -0.275. The number of nitrogens with zero attached hydrogens (tertiary/aromatic N) is 1. The van der Waals surface area contributed by atoms with Crippen LogP contribution in [0.25, 0.3) is 0 Å². The van der Waals surface area contributed by atoms with Crippen LogP contribution in [0.3, 0.4) is 0 Å². The predicted octanol–water partition coefficient (Wildman–Crippen LogP) is 3.82. The minimum absolute atomic E-state index is 0.0997. The summed E-state index contributed by atoms with van der Waals surface area (Å²) in [6.45, 7) is 1.77. The number of hydrogen-bond acceptors (Lipinski definition) is 3. The van der Waals surface area contributed by atoms with Gasteiger partial charge in [0, 0.05) is 15.7 Å². The van der Waals surface area contributed by atoms with E-state index < -0.39 is 0 Å². The highest BCUT2D eigenvalue weighted by atomic mass is 79.9. The van der Waals surface area contributed by atoms with E-state index in [0.29, 0.717) is 16.6 Å². The van der Waals surface area contributed by atoms with Crippen LogP contribution < -0.4 is 10.1 Å². The molecule has 0 aliphatic rings. The van der Waals surface area contributed by atoms with E-state index >= 15 is 0 Å². The van der Waals surface area contributed by atoms with Crippen molar-refractivity contribution in [1.29, 1.82) is 0 Å². The second kappa shape index (κ2) is 6.72. The normalized spacial score (nSPS) is 10.2. The molecule has 1 heterocycles. The van der Waals surface area contributed by atoms with E-state index in [1.165, 1.54) is 0 Å². The van der Waals surface area contributed by atoms with Crippen molar-refractivity contribution in [1.82, 2.24) is 4.98 Å². The monoisotopic (exact) mass is 354 g/mol. The van der Waals surface area contributed by atoms with E-state index in [-0.39, 0.29) is 12.5 Å². The van der Waals surface area contributed by atoms with Crippen LogP contribution >= 0.6 is 27.5 Å². The number of ether oxygens (including phenoxy) is 1. The molecule has 0 saturated carbocycles. The third kappa shape index (κ3) is 4.21. The zero-order valence-electron chi connectivity index (χ0n) is 10.7. The molecule has 0 saturated heterocycles. The van der Waals surface area contributed by atoms with E-state index in [9.17, 15) is 4.79 Å². The van der Waals surface area contributed by atoms with Crippen molar-refractivity contribution in [2.75, 3.05) is 11.9 Å². The lowest BCUT2D eigenvalue weighted by atomic mass is 10.3. The van der Waals surface area contributed by atoms with Crippen LogP contribution in [0.5, 0.6) is 5.75 Å². The summed E-state index contributed by atoms with van der Waals surface area (Å²) < 4.78 is 6.21. The fraction of sp³-hybridized carbons (Fsp3) is 0.143. The first-order valence-electron chi connectivity index (χ1n) is 5.85. The summed E-state index contributed by atoms with van der Waals surface area (Å²) in [5.41, 5.74) is 0.871. The number of hydrogen-bond donors (Lipinski definition) is 1. The summed E-state index contributed by atoms with van der Waals surface area (Å²) in [5.74, 6) is 0.795. The molecule has 2 rings (SSSR count). The SMILES string of the molecule is Cc1cc(Br)cnc1NC(=O)COc1cccc(Cl)c1. The van der Waals surface area contributed by atoms with Crippen LogP contribution in [0.15, 0.2) is 41.0 Å². The molecule has 2 aromatic rings. The average molecular weight is 356 g/mol. The van der Waals surface area contributed by atoms with Gasteiger partial charge in [0.1, 0.15) is 11.6 Å². The molecule has 0 spiro atoms. The predicted molar refractivity (Wildman–Crippen MR) is 82.3 cm³/mol. The van der Waals surface area contributed by atoms with Gasteiger partial charge in [-0.15, -0.1) is 0 Å². The summed E-state index contributed by atoms with van der Waals surface area (Å²) in [4.78, 5) is 15.9. The number of pyridine rings is 1. The van der Waals surface area contributed by atoms with E-state index in [4.69, 9.17) is 16.3 Å². The van der Waals surface area contributed by atoms with Gasteiger partial charge in [-0.1, -0.05) is 17.7 Å². The summed E-state index contributed by atoms with van der Waals surface area (Å²) in [6.07, 6.45) is 1.63. The molecule has 0 bridgehead atoms. The van der Waals surface area contributed by atoms with Crippen LogP contribution in [0.1, 0.15) is 5.56 Å². The molecule has 0 aliphatic carbocycles. The second-order valence-electron chi connectivity index (χ2n) is 4.11. The molecule has 0 aliphatic heterocycles. The molecule has 104 valence electrons. The average Bonchev–Trinajstić information content (AvgIpc) is 2.40. The highest BCUT2D eigenvalue weighted by Crippen LogP contribution is 2.18. The maximum absolute atomic E-state index is 11.8. The molecule has 20 heavy (non-hydrogen) atoms. The number of amides is 1. The Bertz CT molecular complexity index is 634. The highest BCUT2D eigenvalue weighted by molar-refractivity contribution is 9.10. The number of rotatable bonds is 4. The third-order valence-corrected chi connectivity index (χ3v) is 3.14. The van der Waals surface area contributed by atoms with Crippen molar-refractivity contribution in [2.45, 2.75) is 6.92 Å². The van der Waals surface area contributed by atoms with Gasteiger partial charge in [-0.25, -0.2) is 4.98 Å². The topological polar surface area (TPSA) is 51.2 Å². The van der Waals surface area contributed by atoms with E-state index in [0.717, 1.165) is 10.0 Å². The molecule has 1 aromatic heterocycles. The van der Waals surface area contributed by atoms with Crippen LogP contribution in [-0.2, 0) is 4.79 Å². The molecule has 6 heteroatoms. The van der Waals surface area contributed by atoms with Gasteiger partial charge in [-0.05, 0) is 52.7 Å². The van der Waals surface area contributed by atoms with Crippen LogP contribution in [-0.4, -0.2) is 17.5 Å². The standard InChI is InChI=1S/C14H12BrClN2O2/c1-9-5-10(15)7-17-14(9)18-13(19)8-20-12-4-2-3-11(16)6-12/h2-7H,8H2,1H3,(H,17,18,19). The summed E-state index contributed by atoms with van der Waals surface area (Å²) in [5, 5.41) is 3.26. The number of halogens is 2. The first-order valence-corrected chi connectivity index (χ1v) is 7.02. The number of aromatic nitrogens is 1. The van der Waals surface area contributed by atoms with Crippen molar-refractivity contribution >= 4 is 39.3 Å². The first kappa shape index (κ1) is 14.8. The Morgan fingerprint density at radius 3 is 2.95 bits per heavy atom. The van der Waals surface area contributed by atoms with E-state index in [2.05, 4.69) is 26.2 Å². The highest BCUT2D eigenvalue weighted by Gasteiger charge is 2.07. The Morgan fingerprint density at radius 2 is 2.25 bits per heavy atom. The maximum atomic E-state index is 11.8. The number of nitrogens with one attached hydrogen (secondary N) is 1. The molecule has 0 atom stereocenters. The van der Waals surface area contributed by atoms with Crippen molar-refractivity contribution in [3.05, 3.63) is 51.6 Å². The molecule has 4 nitrogen and oxygen atoms in total. The van der Waals surface area contributed by atoms with Crippen LogP contribution in [0.2, 0.25) is 5.02 Å². The molecular weight excluding hydrogens is 344 g/mol. The largest absolute Gasteiger partial charge is 0.484 e. The van der Waals surface area contributed by atoms with Crippen molar-refractivity contribution in [2.24, 2.45) is 0 Å². The van der Waals surface area contributed by atoms with Crippen molar-refractivity contribution in [3.63, 3.8) is 0 Å². The van der Waals surface area contributed by atoms with Crippen LogP contribution in [0, 0.1) is 6.92 Å². The molecule has 1 aromatic carbocycles. The van der Waals surface area contributed by atoms with Gasteiger partial charge in [-0.2, -0.15) is 0 Å². The Labute approximate surface area is 130 Å². The summed E-state index contributed by atoms with van der Waals surface area (Å²) in [7, 11) is 0. The molecular formula is C14H12BrClN2O2. The molecule has 0 radical (unpaired) electrons. The lowest BCUT2D eigenvalue weighted by molar-refractivity contribution is -0.118. The van der Waals surface area contributed by atoms with Gasteiger partial charge >= 0.3 is 0 Å². The zero-order chi connectivity index (χ0) is 14.5. The zero-order valence-corrected chi connectivity index (χ0v) is 13.0. The van der Waals surface area contributed by atoms with E-state index in [1.54, 1.807) is 30.5 Å². The van der Waals surface area contributed by atoms with Gasteiger partial charge in [-0.3, -0.25) is 4.79 Å². The van der Waals surface area contributed by atoms with Gasteiger partial charge < -0.3 is 10.1 Å². The lowest BCUT2D eigenvalue weighted by Gasteiger charge is -2.09. The summed E-state index contributed by atoms with van der Waals surface area (Å²) >= 11 is 9.15. The van der Waals surface area contributed by atoms with Gasteiger partial charge in [0.05, 0.1) is 0 Å². The van der Waals surface area contributed by atoms with E-state index in [1.807, 2.05) is 13.0 Å². The molecule has 0 fully saturated rings. The molecule has 1 N–H and O–H groups in total. The lowest BCUT2D eigenvalue weighted by Crippen LogP contribution is -2.21. The van der Waals surface area contributed by atoms with Crippen molar-refractivity contribution < 1.29 is 9.53 Å². The van der Waals surface area contributed by atoms with Crippen molar-refractivity contribution in [3.8, 4) is 5.75 Å². The Balaban J connectivity index is 1.92. The number of carbonyl (C=O) groups is 1. The molecule has 0 unspecified atom stereocenters. The summed E-state index contributed by atoms with van der Waals surface area (Å²) in [6, 6.07) is 8.76. The van der Waals surface area contributed by atoms with Crippen LogP contribution in [0.4, 0.5) is 5.82 Å². The van der Waals surface area contributed by atoms with Gasteiger partial charge in [0.25, 0.3) is 5.91 Å². The Kier molecular flexibility index (Phi) is 4.98. The number of aryl methyl sites for hydroxylation is 1. The maximum Gasteiger partial charge on any atom is 0.263 e. The number of benzene rings is 1. The quantitative estimate of drug-likeness (QED) is 0.907. The third-order valence-electron chi connectivity index (χ3n) is 2.47. The fourth-order valence-corrected chi connectivity index (χ4v) is 2.17. The Morgan fingerprint density at radius 1 is 1.45 bits per heavy atom.